The highest BCUT2D eigenvalue weighted by Gasteiger charge is 2.27. The van der Waals surface area contributed by atoms with Crippen molar-refractivity contribution in [2.75, 3.05) is 13.2 Å². The average Bonchev–Trinajstić information content (AvgIpc) is 2.86. The van der Waals surface area contributed by atoms with Crippen molar-refractivity contribution in [3.8, 4) is 0 Å². The van der Waals surface area contributed by atoms with Gasteiger partial charge < -0.3 is 19.7 Å². The lowest BCUT2D eigenvalue weighted by atomic mass is 9.91. The first-order valence-electron chi connectivity index (χ1n) is 12.5. The number of ether oxygens (including phenoxy) is 2. The molecule has 0 aliphatic carbocycles. The molecule has 0 fully saturated rings. The van der Waals surface area contributed by atoms with E-state index >= 15 is 0 Å². The molecule has 0 aliphatic rings. The van der Waals surface area contributed by atoms with Crippen molar-refractivity contribution in [3.63, 3.8) is 0 Å². The van der Waals surface area contributed by atoms with Gasteiger partial charge in [-0.05, 0) is 65.4 Å². The van der Waals surface area contributed by atoms with E-state index in [9.17, 15) is 19.5 Å². The molecule has 7 heteroatoms. The van der Waals surface area contributed by atoms with Crippen LogP contribution in [0.2, 0.25) is 0 Å². The van der Waals surface area contributed by atoms with E-state index in [-0.39, 0.29) is 24.8 Å². The van der Waals surface area contributed by atoms with Crippen molar-refractivity contribution in [1.82, 2.24) is 0 Å². The van der Waals surface area contributed by atoms with Crippen LogP contribution in [0.5, 0.6) is 0 Å². The van der Waals surface area contributed by atoms with Gasteiger partial charge in [-0.3, -0.25) is 9.59 Å². The molecule has 7 nitrogen and oxygen atoms in total. The first-order chi connectivity index (χ1) is 16.5. The molecular weight excluding hydrogens is 460 g/mol. The zero-order valence-electron chi connectivity index (χ0n) is 23.7. The maximum Gasteiger partial charge on any atom is 0.333 e. The van der Waals surface area contributed by atoms with Gasteiger partial charge in [-0.2, -0.15) is 0 Å². The highest BCUT2D eigenvalue weighted by atomic mass is 16.6. The molecule has 0 radical (unpaired) electrons. The van der Waals surface area contributed by atoms with E-state index in [0.29, 0.717) is 18.8 Å². The molecule has 0 amide bonds. The maximum atomic E-state index is 11.6. The molecule has 0 aliphatic heterocycles. The molecule has 206 valence electrons. The van der Waals surface area contributed by atoms with Gasteiger partial charge >= 0.3 is 17.9 Å². The third kappa shape index (κ3) is 15.4. The molecule has 1 aromatic rings. The number of esters is 2. The van der Waals surface area contributed by atoms with Crippen LogP contribution >= 0.6 is 0 Å². The average molecular weight is 509 g/mol. The van der Waals surface area contributed by atoms with Gasteiger partial charge in [-0.1, -0.05) is 64.6 Å². The Labute approximate surface area is 217 Å². The highest BCUT2D eigenvalue weighted by molar-refractivity contribution is 5.86. The zero-order chi connectivity index (χ0) is 28.5. The van der Waals surface area contributed by atoms with Crippen molar-refractivity contribution in [2.24, 2.45) is 10.8 Å². The third-order valence-corrected chi connectivity index (χ3v) is 6.04. The number of carboxylic acid groups (broad SMARTS) is 1. The molecule has 2 atom stereocenters. The van der Waals surface area contributed by atoms with Gasteiger partial charge in [-0.25, -0.2) is 4.79 Å². The van der Waals surface area contributed by atoms with E-state index in [1.807, 2.05) is 13.8 Å². The molecule has 2 N–H and O–H groups in total. The quantitative estimate of drug-likeness (QED) is 0.272. The van der Waals surface area contributed by atoms with Crippen LogP contribution in [0.4, 0.5) is 0 Å². The lowest BCUT2D eigenvalue weighted by Crippen LogP contribution is -2.31. The smallest absolute Gasteiger partial charge is 0.333 e. The van der Waals surface area contributed by atoms with E-state index in [4.69, 9.17) is 14.6 Å². The SMILES string of the molecule is C=C(C)C(=O)OCC(O)COC(=O)C(C)(C)CC.CCC(C)(C)C(=O)O.CCC(C)c1ccccc1. The first kappa shape index (κ1) is 35.5. The molecule has 0 aromatic heterocycles. The number of hydrogen-bond acceptors (Lipinski definition) is 6. The Morgan fingerprint density at radius 3 is 1.75 bits per heavy atom. The Kier molecular flexibility index (Phi) is 17.5. The van der Waals surface area contributed by atoms with Crippen molar-refractivity contribution in [1.29, 1.82) is 0 Å². The van der Waals surface area contributed by atoms with Crippen molar-refractivity contribution in [2.45, 2.75) is 93.6 Å². The summed E-state index contributed by atoms with van der Waals surface area (Å²) in [5.41, 5.74) is 0.588. The minimum Gasteiger partial charge on any atom is -0.481 e. The number of benzene rings is 1. The van der Waals surface area contributed by atoms with Crippen LogP contribution in [-0.2, 0) is 23.9 Å². The van der Waals surface area contributed by atoms with E-state index in [0.717, 1.165) is 0 Å². The third-order valence-electron chi connectivity index (χ3n) is 6.04. The fourth-order valence-electron chi connectivity index (χ4n) is 2.02. The minimum absolute atomic E-state index is 0.189. The largest absolute Gasteiger partial charge is 0.481 e. The molecule has 0 saturated heterocycles. The number of carbonyl (C=O) groups is 3. The number of carbonyl (C=O) groups excluding carboxylic acids is 2. The topological polar surface area (TPSA) is 110 Å². The van der Waals surface area contributed by atoms with Crippen molar-refractivity contribution in [3.05, 3.63) is 48.0 Å². The normalized spacial score (nSPS) is 12.5. The van der Waals surface area contributed by atoms with Crippen LogP contribution in [-0.4, -0.2) is 47.4 Å². The van der Waals surface area contributed by atoms with Gasteiger partial charge in [0.05, 0.1) is 10.8 Å². The summed E-state index contributed by atoms with van der Waals surface area (Å²) in [6, 6.07) is 10.6. The van der Waals surface area contributed by atoms with Crippen LogP contribution in [0.1, 0.15) is 93.1 Å². The molecule has 36 heavy (non-hydrogen) atoms. The lowest BCUT2D eigenvalue weighted by Gasteiger charge is -2.21. The Morgan fingerprint density at radius 2 is 1.39 bits per heavy atom. The predicted octanol–water partition coefficient (Wildman–Crippen LogP) is 6.15. The lowest BCUT2D eigenvalue weighted by molar-refractivity contribution is -0.159. The molecule has 1 aromatic carbocycles. The number of hydrogen-bond donors (Lipinski definition) is 2. The van der Waals surface area contributed by atoms with Crippen molar-refractivity contribution >= 4 is 17.9 Å². The van der Waals surface area contributed by atoms with Gasteiger partial charge in [0, 0.05) is 5.57 Å². The van der Waals surface area contributed by atoms with E-state index < -0.39 is 28.9 Å². The zero-order valence-corrected chi connectivity index (χ0v) is 23.7. The van der Waals surface area contributed by atoms with Crippen LogP contribution < -0.4 is 0 Å². The van der Waals surface area contributed by atoms with Crippen LogP contribution in [0.15, 0.2) is 42.5 Å². The number of carboxylic acids is 1. The molecule has 0 saturated carbocycles. The van der Waals surface area contributed by atoms with E-state index in [1.54, 1.807) is 27.7 Å². The van der Waals surface area contributed by atoms with Gasteiger partial charge in [0.15, 0.2) is 0 Å². The molecule has 1 rings (SSSR count). The van der Waals surface area contributed by atoms with Crippen LogP contribution in [0.25, 0.3) is 0 Å². The fraction of sp³-hybridized carbons (Fsp3) is 0.621. The van der Waals surface area contributed by atoms with Gasteiger partial charge in [0.1, 0.15) is 19.3 Å². The molecule has 0 spiro atoms. The molecule has 0 bridgehead atoms. The molecule has 0 heterocycles. The summed E-state index contributed by atoms with van der Waals surface area (Å²) in [5.74, 6) is -0.967. The standard InChI is InChI=1S/C13H22O5.C10H14.C6H12O2/c1-6-13(4,5)12(16)18-8-10(14)7-17-11(15)9(2)3;1-3-9(2)10-7-5-4-6-8-10;1-4-6(2,3)5(7)8/h10,14H,2,6-8H2,1,3-5H3;4-9H,3H2,1-2H3;4H2,1-3H3,(H,7,8). The number of aliphatic carboxylic acids is 1. The summed E-state index contributed by atoms with van der Waals surface area (Å²) in [6.45, 7) is 19.7. The van der Waals surface area contributed by atoms with E-state index in [1.165, 1.54) is 18.9 Å². The summed E-state index contributed by atoms with van der Waals surface area (Å²) in [6.07, 6.45) is 1.53. The monoisotopic (exact) mass is 508 g/mol. The van der Waals surface area contributed by atoms with Crippen LogP contribution in [0.3, 0.4) is 0 Å². The number of aliphatic hydroxyl groups is 1. The van der Waals surface area contributed by atoms with Crippen LogP contribution in [0, 0.1) is 10.8 Å². The Bertz CT molecular complexity index is 797. The fourth-order valence-corrected chi connectivity index (χ4v) is 2.02. The summed E-state index contributed by atoms with van der Waals surface area (Å²) < 4.78 is 9.68. The summed E-state index contributed by atoms with van der Waals surface area (Å²) in [4.78, 5) is 32.9. The second-order valence-corrected chi connectivity index (χ2v) is 10.1. The highest BCUT2D eigenvalue weighted by Crippen LogP contribution is 2.21. The van der Waals surface area contributed by atoms with Gasteiger partial charge in [-0.15, -0.1) is 0 Å². The Morgan fingerprint density at radius 1 is 0.917 bits per heavy atom. The number of aliphatic hydroxyl groups excluding tert-OH is 1. The van der Waals surface area contributed by atoms with Gasteiger partial charge in [0.2, 0.25) is 0 Å². The minimum atomic E-state index is -1.02. The van der Waals surface area contributed by atoms with E-state index in [2.05, 4.69) is 50.8 Å². The second-order valence-electron chi connectivity index (χ2n) is 10.1. The number of rotatable bonds is 11. The summed E-state index contributed by atoms with van der Waals surface area (Å²) in [5, 5.41) is 17.9. The Hall–Kier alpha value is -2.67. The summed E-state index contributed by atoms with van der Waals surface area (Å²) in [7, 11) is 0. The first-order valence-corrected chi connectivity index (χ1v) is 12.5. The predicted molar refractivity (Wildman–Crippen MR) is 144 cm³/mol. The maximum absolute atomic E-state index is 11.6. The molecule has 2 unspecified atom stereocenters. The van der Waals surface area contributed by atoms with Crippen molar-refractivity contribution < 1.29 is 34.1 Å². The molecular formula is C29H48O7. The Balaban J connectivity index is 0. The second kappa shape index (κ2) is 17.7. The summed E-state index contributed by atoms with van der Waals surface area (Å²) >= 11 is 0. The van der Waals surface area contributed by atoms with Gasteiger partial charge in [0.25, 0.3) is 0 Å².